The summed E-state index contributed by atoms with van der Waals surface area (Å²) in [7, 11) is 1.36. The van der Waals surface area contributed by atoms with E-state index in [1.807, 2.05) is 0 Å². The van der Waals surface area contributed by atoms with Gasteiger partial charge in [-0.15, -0.1) is 0 Å². The number of aromatic nitrogens is 2. The van der Waals surface area contributed by atoms with Crippen molar-refractivity contribution in [3.8, 4) is 17.4 Å². The highest BCUT2D eigenvalue weighted by atomic mass is 35.5. The first-order valence-electron chi connectivity index (χ1n) is 5.44. The fourth-order valence-corrected chi connectivity index (χ4v) is 1.80. The summed E-state index contributed by atoms with van der Waals surface area (Å²) in [6.07, 6.45) is 1.23. The lowest BCUT2D eigenvalue weighted by Crippen LogP contribution is -2.11. The largest absolute Gasteiger partial charge is 0.487 e. The van der Waals surface area contributed by atoms with Crippen LogP contribution in [-0.2, 0) is 6.54 Å². The van der Waals surface area contributed by atoms with E-state index in [9.17, 15) is 4.79 Å². The fraction of sp³-hybridized carbons (Fsp3) is 0.167. The van der Waals surface area contributed by atoms with Crippen molar-refractivity contribution in [2.45, 2.75) is 6.54 Å². The average Bonchev–Trinajstić information content (AvgIpc) is 2.39. The Bertz CT molecular complexity index is 642. The molecule has 0 saturated heterocycles. The highest BCUT2D eigenvalue weighted by Crippen LogP contribution is 2.31. The van der Waals surface area contributed by atoms with E-state index in [2.05, 4.69) is 9.97 Å². The van der Waals surface area contributed by atoms with E-state index in [1.165, 1.54) is 13.4 Å². The van der Waals surface area contributed by atoms with Crippen molar-refractivity contribution in [1.82, 2.24) is 9.97 Å². The third kappa shape index (κ3) is 2.69. The van der Waals surface area contributed by atoms with Crippen LogP contribution in [0, 0.1) is 0 Å². The first-order chi connectivity index (χ1) is 9.17. The van der Waals surface area contributed by atoms with Crippen LogP contribution in [0.4, 0.5) is 0 Å². The van der Waals surface area contributed by atoms with Crippen LogP contribution in [0.1, 0.15) is 5.56 Å². The fourth-order valence-electron chi connectivity index (χ4n) is 1.56. The summed E-state index contributed by atoms with van der Waals surface area (Å²) in [6, 6.07) is 5.12. The summed E-state index contributed by atoms with van der Waals surface area (Å²) in [6.45, 7) is 0.209. The summed E-state index contributed by atoms with van der Waals surface area (Å²) in [5.41, 5.74) is 5.83. The Morgan fingerprint density at radius 2 is 2.26 bits per heavy atom. The van der Waals surface area contributed by atoms with E-state index in [-0.39, 0.29) is 18.2 Å². The van der Waals surface area contributed by atoms with Gasteiger partial charge < -0.3 is 20.2 Å². The quantitative estimate of drug-likeness (QED) is 0.890. The molecule has 0 aliphatic rings. The van der Waals surface area contributed by atoms with E-state index in [0.717, 1.165) is 0 Å². The number of benzene rings is 1. The van der Waals surface area contributed by atoms with Crippen LogP contribution < -0.4 is 20.8 Å². The Balaban J connectivity index is 2.45. The van der Waals surface area contributed by atoms with Gasteiger partial charge in [0, 0.05) is 17.1 Å². The first-order valence-corrected chi connectivity index (χ1v) is 5.82. The van der Waals surface area contributed by atoms with E-state index >= 15 is 0 Å². The predicted octanol–water partition coefficient (Wildman–Crippen LogP) is 1.68. The van der Waals surface area contributed by atoms with Crippen LogP contribution in [0.3, 0.4) is 0 Å². The van der Waals surface area contributed by atoms with Gasteiger partial charge in [-0.3, -0.25) is 4.79 Å². The number of H-pyrrole nitrogens is 1. The zero-order chi connectivity index (χ0) is 13.8. The number of hydrogen-bond acceptors (Lipinski definition) is 5. The van der Waals surface area contributed by atoms with Crippen LogP contribution in [-0.4, -0.2) is 17.1 Å². The minimum Gasteiger partial charge on any atom is -0.487 e. The normalized spacial score (nSPS) is 10.3. The van der Waals surface area contributed by atoms with Gasteiger partial charge in [-0.2, -0.15) is 0 Å². The average molecular weight is 282 g/mol. The number of nitrogens with one attached hydrogen (secondary N) is 1. The molecule has 3 N–H and O–H groups in total. The second kappa shape index (κ2) is 5.73. The van der Waals surface area contributed by atoms with Gasteiger partial charge in [-0.25, -0.2) is 4.98 Å². The Labute approximate surface area is 114 Å². The Kier molecular flexibility index (Phi) is 4.03. The first kappa shape index (κ1) is 13.4. The number of nitrogens with two attached hydrogens (primary N) is 1. The van der Waals surface area contributed by atoms with Crippen molar-refractivity contribution in [1.29, 1.82) is 0 Å². The summed E-state index contributed by atoms with van der Waals surface area (Å²) in [5, 5.41) is 0.490. The van der Waals surface area contributed by atoms with Gasteiger partial charge in [0.05, 0.1) is 13.4 Å². The Hall–Kier alpha value is -2.05. The lowest BCUT2D eigenvalue weighted by molar-refractivity contribution is 0.361. The summed E-state index contributed by atoms with van der Waals surface area (Å²) in [4.78, 5) is 17.8. The molecule has 2 rings (SSSR count). The highest BCUT2D eigenvalue weighted by Gasteiger charge is 2.14. The number of ether oxygens (including phenoxy) is 2. The van der Waals surface area contributed by atoms with E-state index in [1.54, 1.807) is 18.2 Å². The summed E-state index contributed by atoms with van der Waals surface area (Å²) < 4.78 is 10.5. The zero-order valence-corrected chi connectivity index (χ0v) is 10.9. The topological polar surface area (TPSA) is 90.2 Å². The molecule has 6 nitrogen and oxygen atoms in total. The SMILES string of the molecule is COc1c(Oc2cccc(Cl)c2CN)nc[nH]c1=O. The number of rotatable bonds is 4. The molecular formula is C12H12ClN3O3. The van der Waals surface area contributed by atoms with Crippen molar-refractivity contribution in [3.63, 3.8) is 0 Å². The van der Waals surface area contributed by atoms with Gasteiger partial charge in [0.2, 0.25) is 5.75 Å². The van der Waals surface area contributed by atoms with Crippen LogP contribution in [0.15, 0.2) is 29.3 Å². The molecule has 0 aliphatic heterocycles. The molecule has 0 spiro atoms. The third-order valence-corrected chi connectivity index (χ3v) is 2.82. The lowest BCUT2D eigenvalue weighted by atomic mass is 10.2. The predicted molar refractivity (Wildman–Crippen MR) is 70.8 cm³/mol. The van der Waals surface area contributed by atoms with Gasteiger partial charge in [0.15, 0.2) is 0 Å². The molecule has 0 amide bonds. The molecule has 19 heavy (non-hydrogen) atoms. The highest BCUT2D eigenvalue weighted by molar-refractivity contribution is 6.31. The molecular weight excluding hydrogens is 270 g/mol. The molecule has 1 aromatic heterocycles. The van der Waals surface area contributed by atoms with Gasteiger partial charge >= 0.3 is 0 Å². The Morgan fingerprint density at radius 1 is 1.47 bits per heavy atom. The van der Waals surface area contributed by atoms with E-state index in [0.29, 0.717) is 16.3 Å². The van der Waals surface area contributed by atoms with E-state index < -0.39 is 5.56 Å². The van der Waals surface area contributed by atoms with Crippen LogP contribution >= 0.6 is 11.6 Å². The number of nitrogens with zero attached hydrogens (tertiary/aromatic N) is 1. The number of halogens is 1. The molecule has 0 fully saturated rings. The van der Waals surface area contributed by atoms with Crippen LogP contribution in [0.5, 0.6) is 17.4 Å². The smallest absolute Gasteiger partial charge is 0.297 e. The molecule has 0 saturated carbocycles. The van der Waals surface area contributed by atoms with Gasteiger partial charge in [-0.05, 0) is 12.1 Å². The number of aromatic amines is 1. The third-order valence-electron chi connectivity index (χ3n) is 2.47. The zero-order valence-electron chi connectivity index (χ0n) is 10.1. The van der Waals surface area contributed by atoms with Gasteiger partial charge in [0.1, 0.15) is 5.75 Å². The second-order valence-electron chi connectivity index (χ2n) is 3.59. The maximum atomic E-state index is 11.5. The number of methoxy groups -OCH3 is 1. The molecule has 1 heterocycles. The van der Waals surface area contributed by atoms with Gasteiger partial charge in [0.25, 0.3) is 11.4 Å². The van der Waals surface area contributed by atoms with Crippen LogP contribution in [0.25, 0.3) is 0 Å². The molecule has 0 radical (unpaired) electrons. The van der Waals surface area contributed by atoms with Crippen molar-refractivity contribution in [2.75, 3.05) is 7.11 Å². The van der Waals surface area contributed by atoms with Crippen LogP contribution in [0.2, 0.25) is 5.02 Å². The lowest BCUT2D eigenvalue weighted by Gasteiger charge is -2.11. The van der Waals surface area contributed by atoms with Crippen molar-refractivity contribution < 1.29 is 9.47 Å². The molecule has 100 valence electrons. The monoisotopic (exact) mass is 281 g/mol. The maximum Gasteiger partial charge on any atom is 0.297 e. The molecule has 1 aromatic carbocycles. The summed E-state index contributed by atoms with van der Waals surface area (Å²) in [5.74, 6) is 0.486. The molecule has 2 aromatic rings. The number of hydrogen-bond donors (Lipinski definition) is 2. The Morgan fingerprint density at radius 3 is 2.95 bits per heavy atom. The standard InChI is InChI=1S/C12H12ClN3O3/c1-18-10-11(17)15-6-16-12(10)19-9-4-2-3-8(13)7(9)5-14/h2-4,6H,5,14H2,1H3,(H,15,16,17). The molecule has 7 heteroatoms. The molecule has 0 unspecified atom stereocenters. The van der Waals surface area contributed by atoms with Crippen molar-refractivity contribution >= 4 is 11.6 Å². The van der Waals surface area contributed by atoms with E-state index in [4.69, 9.17) is 26.8 Å². The maximum absolute atomic E-state index is 11.5. The minimum atomic E-state index is -0.427. The van der Waals surface area contributed by atoms with Gasteiger partial charge in [-0.1, -0.05) is 17.7 Å². The second-order valence-corrected chi connectivity index (χ2v) is 4.00. The van der Waals surface area contributed by atoms with Crippen molar-refractivity contribution in [3.05, 3.63) is 45.5 Å². The molecule has 0 aliphatic carbocycles. The molecule has 0 bridgehead atoms. The minimum absolute atomic E-state index is 0.00885. The summed E-state index contributed by atoms with van der Waals surface area (Å²) >= 11 is 6.02. The molecule has 0 atom stereocenters. The van der Waals surface area contributed by atoms with Crippen molar-refractivity contribution in [2.24, 2.45) is 5.73 Å².